The van der Waals surface area contributed by atoms with E-state index < -0.39 is 27.8 Å². The second-order valence-electron chi connectivity index (χ2n) is 6.01. The first-order valence-electron chi connectivity index (χ1n) is 8.23. The predicted octanol–water partition coefficient (Wildman–Crippen LogP) is 3.49. The van der Waals surface area contributed by atoms with Crippen molar-refractivity contribution in [2.45, 2.75) is 31.3 Å². The molecule has 0 bridgehead atoms. The largest absolute Gasteiger partial charge is 0.453 e. The summed E-state index contributed by atoms with van der Waals surface area (Å²) in [5.74, 6) is -1.62. The van der Waals surface area contributed by atoms with Gasteiger partial charge in [0.05, 0.1) is 17.1 Å². The smallest absolute Gasteiger partial charge is 0.307 e. The van der Waals surface area contributed by atoms with Crippen molar-refractivity contribution in [2.24, 2.45) is 0 Å². The van der Waals surface area contributed by atoms with Gasteiger partial charge in [-0.15, -0.1) is 0 Å². The second-order valence-corrected chi connectivity index (χ2v) is 9.03. The summed E-state index contributed by atoms with van der Waals surface area (Å²) in [6.45, 7) is 3.29. The van der Waals surface area contributed by atoms with Gasteiger partial charge < -0.3 is 10.1 Å². The Labute approximate surface area is 167 Å². The number of carbonyl (C=O) groups is 2. The number of aryl methyl sites for hydroxylation is 1. The second kappa shape index (κ2) is 9.14. The number of esters is 1. The van der Waals surface area contributed by atoms with Gasteiger partial charge in [0, 0.05) is 10.2 Å². The number of hydrogen-bond acceptors (Lipinski definition) is 5. The fourth-order valence-electron chi connectivity index (χ4n) is 2.17. The number of amides is 1. The molecule has 0 fully saturated rings. The molecule has 27 heavy (non-hydrogen) atoms. The minimum atomic E-state index is -3.59. The van der Waals surface area contributed by atoms with E-state index in [2.05, 4.69) is 21.2 Å². The number of benzene rings is 2. The van der Waals surface area contributed by atoms with Gasteiger partial charge in [0.2, 0.25) is 0 Å². The molecule has 1 unspecified atom stereocenters. The predicted molar refractivity (Wildman–Crippen MR) is 106 cm³/mol. The summed E-state index contributed by atoms with van der Waals surface area (Å²) in [5, 5.41) is 2.62. The van der Waals surface area contributed by atoms with E-state index in [0.29, 0.717) is 5.69 Å². The average Bonchev–Trinajstić information content (AvgIpc) is 2.62. The standard InChI is InChI=1S/C19H20BrNO5S/c1-13-3-9-17(10-4-13)27(24,25)12-11-18(22)26-14(2)19(23)21-16-7-5-15(20)6-8-16/h3-10,14H,11-12H2,1-2H3,(H,21,23). The van der Waals surface area contributed by atoms with Crippen LogP contribution in [0.15, 0.2) is 57.9 Å². The Balaban J connectivity index is 1.86. The van der Waals surface area contributed by atoms with E-state index >= 15 is 0 Å². The summed E-state index contributed by atoms with van der Waals surface area (Å²) in [4.78, 5) is 24.1. The SMILES string of the molecule is Cc1ccc(S(=O)(=O)CCC(=O)OC(C)C(=O)Nc2ccc(Br)cc2)cc1. The van der Waals surface area contributed by atoms with Crippen molar-refractivity contribution in [3.8, 4) is 0 Å². The molecule has 2 rings (SSSR count). The van der Waals surface area contributed by atoms with Gasteiger partial charge in [-0.1, -0.05) is 33.6 Å². The molecule has 1 N–H and O–H groups in total. The average molecular weight is 454 g/mol. The maximum absolute atomic E-state index is 12.2. The topological polar surface area (TPSA) is 89.5 Å². The lowest BCUT2D eigenvalue weighted by molar-refractivity contribution is -0.152. The quantitative estimate of drug-likeness (QED) is 0.647. The molecule has 0 saturated heterocycles. The number of halogens is 1. The zero-order valence-electron chi connectivity index (χ0n) is 14.9. The first-order chi connectivity index (χ1) is 12.7. The van der Waals surface area contributed by atoms with Gasteiger partial charge in [-0.3, -0.25) is 9.59 Å². The third-order valence-corrected chi connectivity index (χ3v) is 6.00. The van der Waals surface area contributed by atoms with Crippen molar-refractivity contribution >= 4 is 43.3 Å². The van der Waals surface area contributed by atoms with Crippen LogP contribution in [0, 0.1) is 6.92 Å². The van der Waals surface area contributed by atoms with Crippen molar-refractivity contribution < 1.29 is 22.7 Å². The molecule has 0 aromatic heterocycles. The van der Waals surface area contributed by atoms with Crippen LogP contribution < -0.4 is 5.32 Å². The zero-order valence-corrected chi connectivity index (χ0v) is 17.3. The summed E-state index contributed by atoms with van der Waals surface area (Å²) in [5.41, 5.74) is 1.51. The van der Waals surface area contributed by atoms with E-state index in [1.165, 1.54) is 19.1 Å². The molecule has 0 aliphatic rings. The first-order valence-corrected chi connectivity index (χ1v) is 10.7. The molecule has 0 aliphatic heterocycles. The third-order valence-electron chi connectivity index (χ3n) is 3.74. The fourth-order valence-corrected chi connectivity index (χ4v) is 3.65. The van der Waals surface area contributed by atoms with E-state index in [4.69, 9.17) is 4.74 Å². The summed E-state index contributed by atoms with van der Waals surface area (Å²) >= 11 is 3.30. The molecule has 6 nitrogen and oxygen atoms in total. The molecule has 0 heterocycles. The fraction of sp³-hybridized carbons (Fsp3) is 0.263. The van der Waals surface area contributed by atoms with Crippen LogP contribution in [0.1, 0.15) is 18.9 Å². The Morgan fingerprint density at radius 1 is 1.07 bits per heavy atom. The lowest BCUT2D eigenvalue weighted by Crippen LogP contribution is -2.30. The lowest BCUT2D eigenvalue weighted by atomic mass is 10.2. The molecule has 2 aromatic carbocycles. The summed E-state index contributed by atoms with van der Waals surface area (Å²) < 4.78 is 30.4. The maximum Gasteiger partial charge on any atom is 0.307 e. The number of rotatable bonds is 7. The van der Waals surface area contributed by atoms with Gasteiger partial charge in [0.25, 0.3) is 5.91 Å². The summed E-state index contributed by atoms with van der Waals surface area (Å²) in [6, 6.07) is 13.3. The molecule has 0 aliphatic carbocycles. The lowest BCUT2D eigenvalue weighted by Gasteiger charge is -2.13. The molecule has 0 radical (unpaired) electrons. The maximum atomic E-state index is 12.2. The Bertz CT molecular complexity index is 908. The van der Waals surface area contributed by atoms with Gasteiger partial charge >= 0.3 is 5.97 Å². The highest BCUT2D eigenvalue weighted by atomic mass is 79.9. The molecular formula is C19H20BrNO5S. The highest BCUT2D eigenvalue weighted by Gasteiger charge is 2.21. The number of carbonyl (C=O) groups excluding carboxylic acids is 2. The van der Waals surface area contributed by atoms with Gasteiger partial charge in [-0.25, -0.2) is 8.42 Å². The van der Waals surface area contributed by atoms with Crippen LogP contribution in [-0.4, -0.2) is 32.2 Å². The number of anilines is 1. The first kappa shape index (κ1) is 21.1. The van der Waals surface area contributed by atoms with Gasteiger partial charge in [-0.05, 0) is 50.2 Å². The molecule has 8 heteroatoms. The van der Waals surface area contributed by atoms with E-state index in [1.807, 2.05) is 6.92 Å². The van der Waals surface area contributed by atoms with Crippen LogP contribution in [0.4, 0.5) is 5.69 Å². The molecule has 0 spiro atoms. The van der Waals surface area contributed by atoms with Crippen molar-refractivity contribution in [1.82, 2.24) is 0 Å². The van der Waals surface area contributed by atoms with Crippen molar-refractivity contribution in [3.05, 3.63) is 58.6 Å². The van der Waals surface area contributed by atoms with Gasteiger partial charge in [-0.2, -0.15) is 0 Å². The monoisotopic (exact) mass is 453 g/mol. The van der Waals surface area contributed by atoms with Crippen molar-refractivity contribution in [3.63, 3.8) is 0 Å². The van der Waals surface area contributed by atoms with Crippen LogP contribution in [0.25, 0.3) is 0 Å². The molecule has 1 atom stereocenters. The van der Waals surface area contributed by atoms with Gasteiger partial charge in [0.1, 0.15) is 0 Å². The molecular weight excluding hydrogens is 434 g/mol. The third kappa shape index (κ3) is 6.48. The van der Waals surface area contributed by atoms with E-state index in [0.717, 1.165) is 10.0 Å². The van der Waals surface area contributed by atoms with E-state index in [-0.39, 0.29) is 17.1 Å². The normalized spacial score (nSPS) is 12.3. The molecule has 0 saturated carbocycles. The van der Waals surface area contributed by atoms with Crippen LogP contribution in [-0.2, 0) is 24.2 Å². The molecule has 2 aromatic rings. The zero-order chi connectivity index (χ0) is 20.0. The van der Waals surface area contributed by atoms with Crippen LogP contribution in [0.2, 0.25) is 0 Å². The number of nitrogens with one attached hydrogen (secondary N) is 1. The van der Waals surface area contributed by atoms with Gasteiger partial charge in [0.15, 0.2) is 15.9 Å². The molecule has 1 amide bonds. The minimum absolute atomic E-state index is 0.155. The Morgan fingerprint density at radius 3 is 2.26 bits per heavy atom. The van der Waals surface area contributed by atoms with Crippen LogP contribution in [0.3, 0.4) is 0 Å². The highest BCUT2D eigenvalue weighted by molar-refractivity contribution is 9.10. The number of ether oxygens (including phenoxy) is 1. The van der Waals surface area contributed by atoms with E-state index in [1.54, 1.807) is 36.4 Å². The number of sulfone groups is 1. The number of hydrogen-bond donors (Lipinski definition) is 1. The Morgan fingerprint density at radius 2 is 1.67 bits per heavy atom. The Hall–Kier alpha value is -2.19. The minimum Gasteiger partial charge on any atom is -0.453 e. The van der Waals surface area contributed by atoms with E-state index in [9.17, 15) is 18.0 Å². The highest BCUT2D eigenvalue weighted by Crippen LogP contribution is 2.15. The summed E-state index contributed by atoms with van der Waals surface area (Å²) in [6.07, 6.45) is -1.37. The molecule has 144 valence electrons. The van der Waals surface area contributed by atoms with Crippen molar-refractivity contribution in [1.29, 1.82) is 0 Å². The van der Waals surface area contributed by atoms with Crippen LogP contribution >= 0.6 is 15.9 Å². The van der Waals surface area contributed by atoms with Crippen molar-refractivity contribution in [2.75, 3.05) is 11.1 Å². The Kier molecular flexibility index (Phi) is 7.15. The summed E-state index contributed by atoms with van der Waals surface area (Å²) in [7, 11) is -3.59. The van der Waals surface area contributed by atoms with Crippen LogP contribution in [0.5, 0.6) is 0 Å².